The van der Waals surface area contributed by atoms with Crippen LogP contribution < -0.4 is 4.74 Å². The molecule has 86 valence electrons. The van der Waals surface area contributed by atoms with Gasteiger partial charge in [0, 0.05) is 4.47 Å². The first kappa shape index (κ1) is 12.7. The van der Waals surface area contributed by atoms with E-state index in [-0.39, 0.29) is 0 Å². The molecule has 0 spiro atoms. The van der Waals surface area contributed by atoms with Gasteiger partial charge >= 0.3 is 5.97 Å². The van der Waals surface area contributed by atoms with E-state index >= 15 is 0 Å². The molecule has 1 N–H and O–H groups in total. The smallest absolute Gasteiger partial charge is 0.344 e. The third-order valence-corrected chi connectivity index (χ3v) is 2.50. The highest BCUT2D eigenvalue weighted by Crippen LogP contribution is 2.27. The molecule has 4 nitrogen and oxygen atoms in total. The Hall–Kier alpha value is -1.36. The van der Waals surface area contributed by atoms with Crippen molar-refractivity contribution in [3.8, 4) is 5.75 Å². The van der Waals surface area contributed by atoms with Gasteiger partial charge in [-0.05, 0) is 31.5 Å². The zero-order valence-electron chi connectivity index (χ0n) is 8.86. The van der Waals surface area contributed by atoms with Gasteiger partial charge < -0.3 is 9.84 Å². The zero-order chi connectivity index (χ0) is 12.3. The topological polar surface area (TPSA) is 63.6 Å². The minimum Gasteiger partial charge on any atom is -0.479 e. The number of aldehydes is 1. The summed E-state index contributed by atoms with van der Waals surface area (Å²) in [5.41, 5.74) is 1.05. The Balaban J connectivity index is 3.12. The average Bonchev–Trinajstić information content (AvgIpc) is 2.21. The zero-order valence-corrected chi connectivity index (χ0v) is 10.4. The lowest BCUT2D eigenvalue weighted by Crippen LogP contribution is -2.23. The molecule has 1 aromatic rings. The average molecular weight is 287 g/mol. The Morgan fingerprint density at radius 2 is 2.19 bits per heavy atom. The van der Waals surface area contributed by atoms with Gasteiger partial charge in [0.25, 0.3) is 0 Å². The summed E-state index contributed by atoms with van der Waals surface area (Å²) in [6.45, 7) is 3.17. The van der Waals surface area contributed by atoms with Crippen molar-refractivity contribution in [2.24, 2.45) is 0 Å². The number of halogens is 1. The lowest BCUT2D eigenvalue weighted by atomic mass is 10.1. The van der Waals surface area contributed by atoms with Crippen molar-refractivity contribution in [1.29, 1.82) is 0 Å². The van der Waals surface area contributed by atoms with Gasteiger partial charge in [0.15, 0.2) is 12.4 Å². The summed E-state index contributed by atoms with van der Waals surface area (Å²) >= 11 is 3.25. The van der Waals surface area contributed by atoms with Crippen LogP contribution in [0.1, 0.15) is 22.8 Å². The number of ether oxygens (including phenoxy) is 1. The van der Waals surface area contributed by atoms with E-state index in [9.17, 15) is 9.59 Å². The van der Waals surface area contributed by atoms with Crippen molar-refractivity contribution >= 4 is 28.2 Å². The quantitative estimate of drug-likeness (QED) is 0.864. The van der Waals surface area contributed by atoms with Gasteiger partial charge in [-0.1, -0.05) is 15.9 Å². The van der Waals surface area contributed by atoms with E-state index in [1.165, 1.54) is 6.92 Å². The highest BCUT2D eigenvalue weighted by atomic mass is 79.9. The van der Waals surface area contributed by atoms with Crippen LogP contribution in [0.3, 0.4) is 0 Å². The maximum absolute atomic E-state index is 10.8. The highest BCUT2D eigenvalue weighted by molar-refractivity contribution is 9.10. The van der Waals surface area contributed by atoms with Crippen molar-refractivity contribution in [2.45, 2.75) is 20.0 Å². The Morgan fingerprint density at radius 3 is 2.69 bits per heavy atom. The number of benzene rings is 1. The maximum Gasteiger partial charge on any atom is 0.344 e. The number of carboxylic acid groups (broad SMARTS) is 1. The second kappa shape index (κ2) is 5.12. The summed E-state index contributed by atoms with van der Waals surface area (Å²) in [5.74, 6) is -0.757. The molecule has 0 radical (unpaired) electrons. The van der Waals surface area contributed by atoms with Crippen LogP contribution in [0.2, 0.25) is 0 Å². The van der Waals surface area contributed by atoms with Crippen molar-refractivity contribution in [2.75, 3.05) is 0 Å². The van der Waals surface area contributed by atoms with Crippen LogP contribution in [0.25, 0.3) is 0 Å². The summed E-state index contributed by atoms with van der Waals surface area (Å²) in [7, 11) is 0. The van der Waals surface area contributed by atoms with E-state index in [1.54, 1.807) is 19.1 Å². The van der Waals surface area contributed by atoms with Gasteiger partial charge in [0.2, 0.25) is 0 Å². The van der Waals surface area contributed by atoms with Crippen molar-refractivity contribution in [3.05, 3.63) is 27.7 Å². The summed E-state index contributed by atoms with van der Waals surface area (Å²) in [6, 6.07) is 3.35. The van der Waals surface area contributed by atoms with Crippen LogP contribution in [-0.2, 0) is 4.79 Å². The van der Waals surface area contributed by atoms with Crippen molar-refractivity contribution in [3.63, 3.8) is 0 Å². The molecule has 1 rings (SSSR count). The molecule has 0 fully saturated rings. The molecule has 0 aromatic heterocycles. The second-order valence-electron chi connectivity index (χ2n) is 3.36. The van der Waals surface area contributed by atoms with E-state index in [0.717, 1.165) is 4.47 Å². The van der Waals surface area contributed by atoms with Gasteiger partial charge in [-0.3, -0.25) is 4.79 Å². The van der Waals surface area contributed by atoms with Gasteiger partial charge in [-0.15, -0.1) is 0 Å². The maximum atomic E-state index is 10.8. The molecular weight excluding hydrogens is 276 g/mol. The molecular formula is C11H11BrO4. The summed E-state index contributed by atoms with van der Waals surface area (Å²) < 4.78 is 5.98. The number of carboxylic acids is 1. The number of carbonyl (C=O) groups is 2. The lowest BCUT2D eigenvalue weighted by Gasteiger charge is -2.14. The Labute approximate surface area is 101 Å². The van der Waals surface area contributed by atoms with Crippen LogP contribution in [0.15, 0.2) is 16.6 Å². The standard InChI is InChI=1S/C11H11BrO4/c1-6-3-9(12)4-8(5-13)10(6)16-7(2)11(14)15/h3-5,7H,1-2H3,(H,14,15). The fraction of sp³-hybridized carbons (Fsp3) is 0.273. The van der Waals surface area contributed by atoms with Crippen LogP contribution >= 0.6 is 15.9 Å². The van der Waals surface area contributed by atoms with Crippen LogP contribution in [-0.4, -0.2) is 23.5 Å². The monoisotopic (exact) mass is 286 g/mol. The van der Waals surface area contributed by atoms with E-state index in [1.807, 2.05) is 0 Å². The molecule has 0 amide bonds. The molecule has 0 aliphatic rings. The van der Waals surface area contributed by atoms with E-state index in [4.69, 9.17) is 9.84 Å². The molecule has 1 aromatic carbocycles. The molecule has 5 heteroatoms. The number of hydrogen-bond donors (Lipinski definition) is 1. The van der Waals surface area contributed by atoms with Gasteiger partial charge in [0.1, 0.15) is 5.75 Å². The van der Waals surface area contributed by atoms with Crippen LogP contribution in [0, 0.1) is 6.92 Å². The molecule has 0 bridgehead atoms. The van der Waals surface area contributed by atoms with Gasteiger partial charge in [-0.25, -0.2) is 4.79 Å². The predicted molar refractivity (Wildman–Crippen MR) is 62.0 cm³/mol. The SMILES string of the molecule is Cc1cc(Br)cc(C=O)c1OC(C)C(=O)O. The number of rotatable bonds is 4. The van der Waals surface area contributed by atoms with Gasteiger partial charge in [-0.2, -0.15) is 0 Å². The largest absolute Gasteiger partial charge is 0.479 e. The lowest BCUT2D eigenvalue weighted by molar-refractivity contribution is -0.144. The molecule has 16 heavy (non-hydrogen) atoms. The Bertz CT molecular complexity index is 428. The first-order valence-electron chi connectivity index (χ1n) is 4.60. The summed E-state index contributed by atoms with van der Waals surface area (Å²) in [6.07, 6.45) is -0.347. The molecule has 0 saturated carbocycles. The van der Waals surface area contributed by atoms with E-state index < -0.39 is 12.1 Å². The Morgan fingerprint density at radius 1 is 1.56 bits per heavy atom. The van der Waals surface area contributed by atoms with E-state index in [0.29, 0.717) is 23.2 Å². The normalized spacial score (nSPS) is 11.9. The number of aryl methyl sites for hydroxylation is 1. The highest BCUT2D eigenvalue weighted by Gasteiger charge is 2.16. The number of carbonyl (C=O) groups excluding carboxylic acids is 1. The molecule has 1 atom stereocenters. The minimum atomic E-state index is -1.07. The first-order valence-corrected chi connectivity index (χ1v) is 5.39. The fourth-order valence-corrected chi connectivity index (χ4v) is 1.82. The molecule has 0 saturated heterocycles. The fourth-order valence-electron chi connectivity index (χ4n) is 1.23. The molecule has 1 unspecified atom stereocenters. The number of hydrogen-bond acceptors (Lipinski definition) is 3. The molecule has 0 aliphatic heterocycles. The van der Waals surface area contributed by atoms with Crippen molar-refractivity contribution < 1.29 is 19.4 Å². The van der Waals surface area contributed by atoms with Crippen LogP contribution in [0.5, 0.6) is 5.75 Å². The van der Waals surface area contributed by atoms with Crippen LogP contribution in [0.4, 0.5) is 0 Å². The second-order valence-corrected chi connectivity index (χ2v) is 4.27. The van der Waals surface area contributed by atoms with Crippen molar-refractivity contribution in [1.82, 2.24) is 0 Å². The summed E-state index contributed by atoms with van der Waals surface area (Å²) in [5, 5.41) is 8.73. The molecule has 0 aliphatic carbocycles. The molecule has 0 heterocycles. The third kappa shape index (κ3) is 2.82. The minimum absolute atomic E-state index is 0.313. The Kier molecular flexibility index (Phi) is 4.06. The van der Waals surface area contributed by atoms with Gasteiger partial charge in [0.05, 0.1) is 5.56 Å². The summed E-state index contributed by atoms with van der Waals surface area (Å²) in [4.78, 5) is 21.5. The first-order chi connectivity index (χ1) is 7.45. The number of aliphatic carboxylic acids is 1. The van der Waals surface area contributed by atoms with E-state index in [2.05, 4.69) is 15.9 Å². The third-order valence-electron chi connectivity index (χ3n) is 2.04. The predicted octanol–water partition coefficient (Wildman–Crippen LogP) is 2.42.